The third-order valence-corrected chi connectivity index (χ3v) is 4.88. The summed E-state index contributed by atoms with van der Waals surface area (Å²) in [5, 5.41) is 5.51. The van der Waals surface area contributed by atoms with Gasteiger partial charge in [0.25, 0.3) is 0 Å². The Balaban J connectivity index is 1.79. The number of carbonyl (C=O) groups excluding carboxylic acids is 1. The molecular weight excluding hydrogens is 362 g/mol. The smallest absolute Gasteiger partial charge is 0.324 e. The van der Waals surface area contributed by atoms with Crippen molar-refractivity contribution in [3.05, 3.63) is 70.0 Å². The highest BCUT2D eigenvalue weighted by molar-refractivity contribution is 8.00. The Morgan fingerprint density at radius 2 is 1.88 bits per heavy atom. The molecule has 1 atom stereocenters. The highest BCUT2D eigenvalue weighted by Crippen LogP contribution is 2.23. The van der Waals surface area contributed by atoms with Gasteiger partial charge in [0.05, 0.1) is 16.0 Å². The molecule has 0 fully saturated rings. The minimum absolute atomic E-state index is 0.265. The number of H-pyrrole nitrogens is 1. The van der Waals surface area contributed by atoms with Gasteiger partial charge in [0.1, 0.15) is 0 Å². The van der Waals surface area contributed by atoms with Crippen molar-refractivity contribution < 1.29 is 14.0 Å². The summed E-state index contributed by atoms with van der Waals surface area (Å²) in [6.07, 6.45) is 0. The maximum absolute atomic E-state index is 12.4. The van der Waals surface area contributed by atoms with Crippen molar-refractivity contribution >= 4 is 35.0 Å². The van der Waals surface area contributed by atoms with E-state index in [2.05, 4.69) is 10.6 Å². The molecule has 0 saturated heterocycles. The van der Waals surface area contributed by atoms with E-state index >= 15 is 0 Å². The average Bonchev–Trinajstić information content (AvgIpc) is 2.98. The van der Waals surface area contributed by atoms with E-state index in [1.807, 2.05) is 30.3 Å². The number of aromatic nitrogens is 2. The molecule has 0 aliphatic heterocycles. The number of para-hydroxylation sites is 2. The maximum Gasteiger partial charge on any atom is 0.442 e. The standard InChI is InChI=1S/C17H14ClN3O3S/c1-11(15(22)19-14-10-6-5-9-13(14)18)25-16-17(23)24-20-21(16)12-7-3-2-4-8-12/h2-11H,1H3,(H-,19,20,22,23)/p+1. The van der Waals surface area contributed by atoms with E-state index in [4.69, 9.17) is 16.1 Å². The van der Waals surface area contributed by atoms with E-state index < -0.39 is 10.9 Å². The van der Waals surface area contributed by atoms with Gasteiger partial charge in [0.2, 0.25) is 11.6 Å². The Bertz CT molecular complexity index is 940. The Morgan fingerprint density at radius 3 is 2.60 bits per heavy atom. The number of carbonyl (C=O) groups is 1. The van der Waals surface area contributed by atoms with Gasteiger partial charge in [-0.15, -0.1) is 0 Å². The van der Waals surface area contributed by atoms with Crippen LogP contribution in [0.4, 0.5) is 5.69 Å². The molecule has 0 spiro atoms. The lowest BCUT2D eigenvalue weighted by Gasteiger charge is -2.10. The Kier molecular flexibility index (Phi) is 5.25. The molecule has 1 aromatic heterocycles. The minimum atomic E-state index is -0.537. The summed E-state index contributed by atoms with van der Waals surface area (Å²) in [6, 6.07) is 16.2. The second kappa shape index (κ2) is 7.58. The fraction of sp³-hybridized carbons (Fsp3) is 0.118. The molecule has 1 unspecified atom stereocenters. The number of nitrogens with zero attached hydrogens (tertiary/aromatic N) is 1. The van der Waals surface area contributed by atoms with Gasteiger partial charge in [0, 0.05) is 12.1 Å². The number of benzene rings is 2. The van der Waals surface area contributed by atoms with Gasteiger partial charge in [-0.3, -0.25) is 9.32 Å². The monoisotopic (exact) mass is 376 g/mol. The third-order valence-electron chi connectivity index (χ3n) is 3.41. The predicted octanol–water partition coefficient (Wildman–Crippen LogP) is 3.02. The topological polar surface area (TPSA) is 79.0 Å². The Morgan fingerprint density at radius 1 is 1.20 bits per heavy atom. The van der Waals surface area contributed by atoms with Crippen molar-refractivity contribution in [1.29, 1.82) is 0 Å². The van der Waals surface area contributed by atoms with E-state index in [1.54, 1.807) is 31.2 Å². The number of hydrogen-bond donors (Lipinski definition) is 2. The molecule has 25 heavy (non-hydrogen) atoms. The van der Waals surface area contributed by atoms with Crippen LogP contribution < -0.4 is 15.6 Å². The minimum Gasteiger partial charge on any atom is -0.324 e. The molecule has 0 aliphatic rings. The zero-order valence-electron chi connectivity index (χ0n) is 13.2. The number of halogens is 1. The molecule has 1 heterocycles. The van der Waals surface area contributed by atoms with Crippen LogP contribution in [0.2, 0.25) is 5.02 Å². The zero-order chi connectivity index (χ0) is 17.8. The van der Waals surface area contributed by atoms with Crippen molar-refractivity contribution in [3.63, 3.8) is 0 Å². The molecule has 0 radical (unpaired) electrons. The molecule has 8 heteroatoms. The lowest BCUT2D eigenvalue weighted by atomic mass is 10.3. The number of rotatable bonds is 5. The van der Waals surface area contributed by atoms with Crippen LogP contribution in [0.3, 0.4) is 0 Å². The van der Waals surface area contributed by atoms with Crippen molar-refractivity contribution in [1.82, 2.24) is 5.27 Å². The zero-order valence-corrected chi connectivity index (χ0v) is 14.8. The van der Waals surface area contributed by atoms with Crippen LogP contribution in [0, 0.1) is 0 Å². The third kappa shape index (κ3) is 3.94. The summed E-state index contributed by atoms with van der Waals surface area (Å²) in [4.78, 5) is 24.4. The molecule has 128 valence electrons. The first kappa shape index (κ1) is 17.3. The SMILES string of the molecule is CC(Sc1c(=O)o[nH][n+]1-c1ccccc1)C(=O)Nc1ccccc1Cl. The normalized spacial score (nSPS) is 11.9. The summed E-state index contributed by atoms with van der Waals surface area (Å²) in [5.74, 6) is -0.265. The molecule has 0 bridgehead atoms. The largest absolute Gasteiger partial charge is 0.442 e. The van der Waals surface area contributed by atoms with Crippen LogP contribution >= 0.6 is 23.4 Å². The van der Waals surface area contributed by atoms with Crippen LogP contribution in [0.1, 0.15) is 6.92 Å². The molecule has 2 N–H and O–H groups in total. The lowest BCUT2D eigenvalue weighted by molar-refractivity contribution is -0.704. The molecule has 2 aromatic carbocycles. The number of anilines is 1. The van der Waals surface area contributed by atoms with Crippen LogP contribution in [0.15, 0.2) is 68.9 Å². The summed E-state index contributed by atoms with van der Waals surface area (Å²) in [6.45, 7) is 1.71. The summed E-state index contributed by atoms with van der Waals surface area (Å²) in [5.41, 5.74) is 0.722. The molecule has 3 rings (SSSR count). The molecular formula is C17H15ClN3O3S+. The number of aromatic amines is 1. The summed E-state index contributed by atoms with van der Waals surface area (Å²) >= 11 is 7.15. The van der Waals surface area contributed by atoms with Gasteiger partial charge >= 0.3 is 10.7 Å². The first-order valence-corrected chi connectivity index (χ1v) is 8.73. The highest BCUT2D eigenvalue weighted by atomic mass is 35.5. The van der Waals surface area contributed by atoms with Crippen molar-refractivity contribution in [2.24, 2.45) is 0 Å². The molecule has 6 nitrogen and oxygen atoms in total. The van der Waals surface area contributed by atoms with Crippen LogP contribution in [-0.4, -0.2) is 16.4 Å². The average molecular weight is 377 g/mol. The summed E-state index contributed by atoms with van der Waals surface area (Å²) < 4.78 is 6.38. The second-order valence-corrected chi connectivity index (χ2v) is 6.92. The maximum atomic E-state index is 12.4. The number of hydrogen-bond acceptors (Lipinski definition) is 4. The first-order chi connectivity index (χ1) is 12.1. The highest BCUT2D eigenvalue weighted by Gasteiger charge is 2.29. The first-order valence-electron chi connectivity index (χ1n) is 7.47. The van der Waals surface area contributed by atoms with Gasteiger partial charge < -0.3 is 5.32 Å². The fourth-order valence-electron chi connectivity index (χ4n) is 2.13. The molecule has 1 amide bonds. The van der Waals surface area contributed by atoms with Crippen LogP contribution in [-0.2, 0) is 4.79 Å². The van der Waals surface area contributed by atoms with E-state index in [0.717, 1.165) is 17.4 Å². The fourth-order valence-corrected chi connectivity index (χ4v) is 3.20. The van der Waals surface area contributed by atoms with Gasteiger partial charge in [-0.1, -0.05) is 41.9 Å². The summed E-state index contributed by atoms with van der Waals surface area (Å²) in [7, 11) is 0. The van der Waals surface area contributed by atoms with Crippen molar-refractivity contribution in [3.8, 4) is 5.69 Å². The Hall–Kier alpha value is -2.51. The predicted molar refractivity (Wildman–Crippen MR) is 96.3 cm³/mol. The van der Waals surface area contributed by atoms with E-state index in [0.29, 0.717) is 10.7 Å². The number of amides is 1. The van der Waals surface area contributed by atoms with Gasteiger partial charge in [-0.05, 0) is 40.8 Å². The van der Waals surface area contributed by atoms with E-state index in [9.17, 15) is 9.59 Å². The van der Waals surface area contributed by atoms with Crippen molar-refractivity contribution in [2.45, 2.75) is 17.2 Å². The number of thioether (sulfide) groups is 1. The molecule has 3 aromatic rings. The number of nitrogens with one attached hydrogen (secondary N) is 2. The van der Waals surface area contributed by atoms with Crippen LogP contribution in [0.5, 0.6) is 0 Å². The van der Waals surface area contributed by atoms with Crippen LogP contribution in [0.25, 0.3) is 5.69 Å². The van der Waals surface area contributed by atoms with Crippen molar-refractivity contribution in [2.75, 3.05) is 5.32 Å². The van der Waals surface area contributed by atoms with E-state index in [-0.39, 0.29) is 10.9 Å². The molecule has 0 saturated carbocycles. The molecule has 0 aliphatic carbocycles. The second-order valence-electron chi connectivity index (χ2n) is 5.19. The quantitative estimate of drug-likeness (QED) is 0.530. The Labute approximate surface area is 152 Å². The van der Waals surface area contributed by atoms with Gasteiger partial charge in [-0.25, -0.2) is 4.79 Å². The van der Waals surface area contributed by atoms with Gasteiger partial charge in [-0.2, -0.15) is 0 Å². The lowest BCUT2D eigenvalue weighted by Crippen LogP contribution is -2.37. The van der Waals surface area contributed by atoms with Gasteiger partial charge in [0.15, 0.2) is 0 Å². The van der Waals surface area contributed by atoms with E-state index in [1.165, 1.54) is 4.68 Å².